The van der Waals surface area contributed by atoms with Crippen LogP contribution in [0.1, 0.15) is 36.0 Å². The minimum Gasteiger partial charge on any atom is -0.393 e. The fourth-order valence-electron chi connectivity index (χ4n) is 4.32. The lowest BCUT2D eigenvalue weighted by Crippen LogP contribution is -2.60. The number of hydrogen-bond acceptors (Lipinski definition) is 8. The smallest absolute Gasteiger partial charge is 0.252 e. The van der Waals surface area contributed by atoms with E-state index in [1.54, 1.807) is 23.5 Å². The van der Waals surface area contributed by atoms with Gasteiger partial charge in [-0.25, -0.2) is 4.98 Å². The Balaban J connectivity index is 1.45. The lowest BCUT2D eigenvalue weighted by Gasteiger charge is -2.37. The zero-order valence-electron chi connectivity index (χ0n) is 18.6. The highest BCUT2D eigenvalue weighted by Crippen LogP contribution is 2.30. The number of benzene rings is 1. The SMILES string of the molecule is CN1CCN(c2nc(-c3ccc(C(=O)NC4(C(=O)NC=O)CCC(O)CC4)cc3)cs2)CC1. The first kappa shape index (κ1) is 23.3. The largest absolute Gasteiger partial charge is 0.393 e. The molecule has 2 aliphatic rings. The summed E-state index contributed by atoms with van der Waals surface area (Å²) in [6.45, 7) is 3.95. The average molecular weight is 472 g/mol. The number of piperazine rings is 1. The van der Waals surface area contributed by atoms with Crippen molar-refractivity contribution < 1.29 is 19.5 Å². The van der Waals surface area contributed by atoms with Crippen LogP contribution >= 0.6 is 11.3 Å². The number of thiazole rings is 1. The van der Waals surface area contributed by atoms with Crippen LogP contribution in [-0.2, 0) is 9.59 Å². The number of nitrogens with zero attached hydrogens (tertiary/aromatic N) is 3. The number of carbonyl (C=O) groups is 3. The van der Waals surface area contributed by atoms with E-state index in [0.29, 0.717) is 24.8 Å². The lowest BCUT2D eigenvalue weighted by molar-refractivity contribution is -0.132. The van der Waals surface area contributed by atoms with Crippen LogP contribution < -0.4 is 15.5 Å². The van der Waals surface area contributed by atoms with Gasteiger partial charge in [-0.1, -0.05) is 12.1 Å². The summed E-state index contributed by atoms with van der Waals surface area (Å²) in [6, 6.07) is 7.12. The molecule has 4 rings (SSSR count). The van der Waals surface area contributed by atoms with E-state index in [2.05, 4.69) is 27.5 Å². The Hall–Kier alpha value is -2.82. The third kappa shape index (κ3) is 5.23. The minimum absolute atomic E-state index is 0.269. The number of aliphatic hydroxyl groups is 1. The lowest BCUT2D eigenvalue weighted by atomic mass is 9.79. The first-order chi connectivity index (χ1) is 15.9. The van der Waals surface area contributed by atoms with Crippen LogP contribution in [0.5, 0.6) is 0 Å². The Bertz CT molecular complexity index is 993. The molecule has 1 saturated heterocycles. The van der Waals surface area contributed by atoms with Crippen molar-refractivity contribution >= 4 is 34.7 Å². The van der Waals surface area contributed by atoms with Crippen molar-refractivity contribution in [2.75, 3.05) is 38.1 Å². The molecule has 0 radical (unpaired) electrons. The number of imide groups is 1. The van der Waals surface area contributed by atoms with Gasteiger partial charge >= 0.3 is 0 Å². The molecule has 1 aromatic heterocycles. The van der Waals surface area contributed by atoms with E-state index >= 15 is 0 Å². The first-order valence-electron chi connectivity index (χ1n) is 11.1. The quantitative estimate of drug-likeness (QED) is 0.543. The molecule has 0 unspecified atom stereocenters. The number of nitrogens with one attached hydrogen (secondary N) is 2. The van der Waals surface area contributed by atoms with E-state index in [1.807, 2.05) is 17.5 Å². The van der Waals surface area contributed by atoms with Crippen LogP contribution in [0.3, 0.4) is 0 Å². The monoisotopic (exact) mass is 471 g/mol. The second-order valence-electron chi connectivity index (χ2n) is 8.74. The van der Waals surface area contributed by atoms with Crippen LogP contribution in [0.4, 0.5) is 5.13 Å². The topological polar surface area (TPSA) is 115 Å². The maximum absolute atomic E-state index is 12.9. The van der Waals surface area contributed by atoms with Gasteiger partial charge in [-0.2, -0.15) is 0 Å². The predicted molar refractivity (Wildman–Crippen MR) is 126 cm³/mol. The Morgan fingerprint density at radius 3 is 2.45 bits per heavy atom. The maximum Gasteiger partial charge on any atom is 0.252 e. The Morgan fingerprint density at radius 1 is 1.15 bits per heavy atom. The summed E-state index contributed by atoms with van der Waals surface area (Å²) in [6.07, 6.45) is 1.11. The van der Waals surface area contributed by atoms with Crippen LogP contribution in [0.2, 0.25) is 0 Å². The van der Waals surface area contributed by atoms with Crippen molar-refractivity contribution in [2.24, 2.45) is 0 Å². The second kappa shape index (κ2) is 9.98. The van der Waals surface area contributed by atoms with Crippen molar-refractivity contribution in [1.82, 2.24) is 20.5 Å². The van der Waals surface area contributed by atoms with E-state index in [4.69, 9.17) is 4.98 Å². The number of anilines is 1. The fourth-order valence-corrected chi connectivity index (χ4v) is 5.21. The van der Waals surface area contributed by atoms with Crippen molar-refractivity contribution in [3.05, 3.63) is 35.2 Å². The molecular formula is C23H29N5O4S. The molecule has 3 N–H and O–H groups in total. The number of carbonyl (C=O) groups excluding carboxylic acids is 3. The molecule has 176 valence electrons. The predicted octanol–water partition coefficient (Wildman–Crippen LogP) is 1.24. The molecular weight excluding hydrogens is 442 g/mol. The van der Waals surface area contributed by atoms with Crippen molar-refractivity contribution in [3.8, 4) is 11.3 Å². The van der Waals surface area contributed by atoms with E-state index in [9.17, 15) is 19.5 Å². The van der Waals surface area contributed by atoms with Crippen molar-refractivity contribution in [2.45, 2.75) is 37.3 Å². The van der Waals surface area contributed by atoms with Gasteiger partial charge in [-0.3, -0.25) is 19.7 Å². The van der Waals surface area contributed by atoms with Crippen LogP contribution in [0, 0.1) is 0 Å². The van der Waals surface area contributed by atoms with Crippen LogP contribution in [0.15, 0.2) is 29.6 Å². The summed E-state index contributed by atoms with van der Waals surface area (Å²) in [5.74, 6) is -0.941. The van der Waals surface area contributed by atoms with Gasteiger partial charge in [0.05, 0.1) is 11.8 Å². The highest BCUT2D eigenvalue weighted by molar-refractivity contribution is 7.14. The standard InChI is InChI=1S/C23H29N5O4S/c1-27-10-12-28(13-11-27)22-25-19(14-33-22)16-2-4-17(5-3-16)20(31)26-23(21(32)24-15-29)8-6-18(30)7-9-23/h2-5,14-15,18,30H,6-13H2,1H3,(H,26,31)(H,24,29,32). The zero-order chi connectivity index (χ0) is 23.4. The van der Waals surface area contributed by atoms with Crippen LogP contribution in [-0.4, -0.2) is 78.1 Å². The van der Waals surface area contributed by atoms with E-state index in [1.165, 1.54) is 0 Å². The Kier molecular flexibility index (Phi) is 7.06. The molecule has 2 heterocycles. The molecule has 2 fully saturated rings. The summed E-state index contributed by atoms with van der Waals surface area (Å²) in [4.78, 5) is 45.6. The van der Waals surface area contributed by atoms with E-state index < -0.39 is 23.5 Å². The van der Waals surface area contributed by atoms with E-state index in [0.717, 1.165) is 42.6 Å². The van der Waals surface area contributed by atoms with Gasteiger partial charge in [0.1, 0.15) is 5.54 Å². The van der Waals surface area contributed by atoms with Crippen molar-refractivity contribution in [3.63, 3.8) is 0 Å². The van der Waals surface area contributed by atoms with Gasteiger partial charge in [0.25, 0.3) is 11.8 Å². The first-order valence-corrected chi connectivity index (χ1v) is 12.0. The summed E-state index contributed by atoms with van der Waals surface area (Å²) in [5, 5.41) is 17.8. The summed E-state index contributed by atoms with van der Waals surface area (Å²) in [5.41, 5.74) is 0.987. The van der Waals surface area contributed by atoms with Crippen molar-refractivity contribution in [1.29, 1.82) is 0 Å². The average Bonchev–Trinajstić information content (AvgIpc) is 3.32. The number of aromatic nitrogens is 1. The number of rotatable bonds is 6. The molecule has 3 amide bonds. The molecule has 10 heteroatoms. The van der Waals surface area contributed by atoms with Gasteiger partial charge in [-0.05, 0) is 44.9 Å². The van der Waals surface area contributed by atoms with Gasteiger partial charge < -0.3 is 20.2 Å². The normalized spacial score (nSPS) is 23.7. The third-order valence-electron chi connectivity index (χ3n) is 6.49. The Labute approximate surface area is 196 Å². The number of amides is 3. The van der Waals surface area contributed by atoms with E-state index in [-0.39, 0.29) is 12.8 Å². The molecule has 1 saturated carbocycles. The van der Waals surface area contributed by atoms with Gasteiger partial charge in [0.2, 0.25) is 6.41 Å². The molecule has 0 spiro atoms. The fraction of sp³-hybridized carbons (Fsp3) is 0.478. The molecule has 9 nitrogen and oxygen atoms in total. The second-order valence-corrected chi connectivity index (χ2v) is 9.58. The third-order valence-corrected chi connectivity index (χ3v) is 7.40. The summed E-state index contributed by atoms with van der Waals surface area (Å²) >= 11 is 1.62. The van der Waals surface area contributed by atoms with Crippen LogP contribution in [0.25, 0.3) is 11.3 Å². The molecule has 0 atom stereocenters. The van der Waals surface area contributed by atoms with Gasteiger partial charge in [-0.15, -0.1) is 11.3 Å². The molecule has 1 aromatic carbocycles. The van der Waals surface area contributed by atoms with Gasteiger partial charge in [0, 0.05) is 42.7 Å². The molecule has 2 aromatic rings. The highest BCUT2D eigenvalue weighted by Gasteiger charge is 2.42. The van der Waals surface area contributed by atoms with Gasteiger partial charge in [0.15, 0.2) is 5.13 Å². The minimum atomic E-state index is -1.21. The number of hydrogen-bond donors (Lipinski definition) is 3. The molecule has 1 aliphatic carbocycles. The summed E-state index contributed by atoms with van der Waals surface area (Å²) in [7, 11) is 2.12. The zero-order valence-corrected chi connectivity index (χ0v) is 19.4. The maximum atomic E-state index is 12.9. The number of aliphatic hydroxyl groups excluding tert-OH is 1. The summed E-state index contributed by atoms with van der Waals surface area (Å²) < 4.78 is 0. The highest BCUT2D eigenvalue weighted by atomic mass is 32.1. The molecule has 1 aliphatic heterocycles. The molecule has 0 bridgehead atoms. The number of likely N-dealkylation sites (N-methyl/N-ethyl adjacent to an activating group) is 1. The Morgan fingerprint density at radius 2 is 1.82 bits per heavy atom. The molecule has 33 heavy (non-hydrogen) atoms.